The van der Waals surface area contributed by atoms with Crippen LogP contribution in [0.2, 0.25) is 0 Å². The number of hydrogen-bond donors (Lipinski definition) is 3. The number of nitrogens with one attached hydrogen (secondary N) is 2. The number of esters is 1. The van der Waals surface area contributed by atoms with Gasteiger partial charge >= 0.3 is 24.1 Å². The number of hydrogen-bond acceptors (Lipinski definition) is 8. The van der Waals surface area contributed by atoms with Gasteiger partial charge in [0.15, 0.2) is 12.4 Å². The van der Waals surface area contributed by atoms with Crippen LogP contribution in [0.5, 0.6) is 0 Å². The number of amides is 2. The molecule has 0 aliphatic rings. The normalized spacial score (nSPS) is 11.8. The van der Waals surface area contributed by atoms with Gasteiger partial charge in [0.1, 0.15) is 25.3 Å². The number of carboxylic acids is 1. The molecule has 226 valence electrons. The Bertz CT molecular complexity index is 1330. The summed E-state index contributed by atoms with van der Waals surface area (Å²) in [5.74, 6) is -2.48. The lowest BCUT2D eigenvalue weighted by Crippen LogP contribution is -2.43. The maximum absolute atomic E-state index is 12.8. The molecule has 0 unspecified atom stereocenters. The smallest absolute Gasteiger partial charge is 0.408 e. The van der Waals surface area contributed by atoms with Crippen LogP contribution in [-0.4, -0.2) is 53.7 Å². The summed E-state index contributed by atoms with van der Waals surface area (Å²) in [7, 11) is 0. The molecule has 0 aliphatic heterocycles. The Morgan fingerprint density at radius 2 is 1.05 bits per heavy atom. The molecule has 0 aliphatic carbocycles. The molecule has 3 rings (SSSR count). The fraction of sp³-hybridized carbons (Fsp3) is 0.281. The zero-order valence-electron chi connectivity index (χ0n) is 23.5. The minimum absolute atomic E-state index is 0.0123. The van der Waals surface area contributed by atoms with Crippen LogP contribution in [0.4, 0.5) is 9.59 Å². The van der Waals surface area contributed by atoms with Crippen LogP contribution < -0.4 is 10.6 Å². The van der Waals surface area contributed by atoms with Crippen molar-refractivity contribution in [3.8, 4) is 0 Å². The second-order valence-corrected chi connectivity index (χ2v) is 9.54. The molecule has 0 saturated heterocycles. The molecule has 0 heterocycles. The van der Waals surface area contributed by atoms with Crippen LogP contribution in [0.1, 0.15) is 47.2 Å². The van der Waals surface area contributed by atoms with E-state index in [-0.39, 0.29) is 38.9 Å². The Hall–Kier alpha value is -5.19. The van der Waals surface area contributed by atoms with Crippen molar-refractivity contribution in [2.75, 3.05) is 6.61 Å². The molecule has 0 spiro atoms. The van der Waals surface area contributed by atoms with Crippen LogP contribution in [-0.2, 0) is 37.0 Å². The van der Waals surface area contributed by atoms with Gasteiger partial charge in [-0.25, -0.2) is 19.2 Å². The van der Waals surface area contributed by atoms with Crippen LogP contribution in [0, 0.1) is 0 Å². The minimum Gasteiger partial charge on any atom is -0.480 e. The van der Waals surface area contributed by atoms with Crippen molar-refractivity contribution in [2.45, 2.75) is 51.0 Å². The highest BCUT2D eigenvalue weighted by Crippen LogP contribution is 2.11. The Morgan fingerprint density at radius 3 is 1.53 bits per heavy atom. The molecule has 3 aromatic rings. The lowest BCUT2D eigenvalue weighted by molar-refractivity contribution is -0.145. The van der Waals surface area contributed by atoms with E-state index >= 15 is 0 Å². The third kappa shape index (κ3) is 12.1. The highest BCUT2D eigenvalue weighted by Gasteiger charge is 2.25. The number of alkyl carbamates (subject to hydrolysis) is 2. The van der Waals surface area contributed by atoms with E-state index in [4.69, 9.17) is 14.2 Å². The van der Waals surface area contributed by atoms with Crippen LogP contribution >= 0.6 is 0 Å². The molecule has 3 N–H and O–H groups in total. The maximum Gasteiger partial charge on any atom is 0.408 e. The van der Waals surface area contributed by atoms with Crippen molar-refractivity contribution in [3.63, 3.8) is 0 Å². The van der Waals surface area contributed by atoms with Gasteiger partial charge in [-0.05, 0) is 24.0 Å². The van der Waals surface area contributed by atoms with Gasteiger partial charge in [-0.3, -0.25) is 4.79 Å². The number of carboxylic acid groups (broad SMARTS) is 1. The quantitative estimate of drug-likeness (QED) is 0.0935. The summed E-state index contributed by atoms with van der Waals surface area (Å²) < 4.78 is 15.5. The van der Waals surface area contributed by atoms with Crippen molar-refractivity contribution in [1.29, 1.82) is 0 Å². The number of carbonyl (C=O) groups excluding carboxylic acids is 4. The molecule has 43 heavy (non-hydrogen) atoms. The molecule has 2 atom stereocenters. The number of unbranched alkanes of at least 4 members (excludes halogenated alkanes) is 1. The van der Waals surface area contributed by atoms with Gasteiger partial charge < -0.3 is 30.0 Å². The number of Topliss-reactive ketones (excluding diaryl/α,β-unsaturated/α-hetero) is 1. The number of benzene rings is 3. The van der Waals surface area contributed by atoms with Crippen molar-refractivity contribution in [3.05, 3.63) is 108 Å². The summed E-state index contributed by atoms with van der Waals surface area (Å²) in [5.41, 5.74) is 1.87. The zero-order chi connectivity index (χ0) is 30.9. The first-order valence-corrected chi connectivity index (χ1v) is 13.7. The summed E-state index contributed by atoms with van der Waals surface area (Å²) >= 11 is 0. The van der Waals surface area contributed by atoms with Crippen LogP contribution in [0.3, 0.4) is 0 Å². The predicted octanol–water partition coefficient (Wildman–Crippen LogP) is 4.65. The fourth-order valence-corrected chi connectivity index (χ4v) is 3.96. The minimum atomic E-state index is -1.24. The van der Waals surface area contributed by atoms with E-state index in [9.17, 15) is 29.1 Å². The monoisotopic (exact) mass is 590 g/mol. The molecule has 0 radical (unpaired) electrons. The Morgan fingerprint density at radius 1 is 0.605 bits per heavy atom. The van der Waals surface area contributed by atoms with Gasteiger partial charge in [0.05, 0.1) is 0 Å². The third-order valence-electron chi connectivity index (χ3n) is 6.27. The van der Waals surface area contributed by atoms with Crippen LogP contribution in [0.25, 0.3) is 0 Å². The van der Waals surface area contributed by atoms with Crippen molar-refractivity contribution >= 4 is 29.9 Å². The Kier molecular flexibility index (Phi) is 13.2. The SMILES string of the molecule is O=C(N[C@@H](CCCC[C@H](NC(=O)OCc1ccccc1)C(=O)OCC(=O)c1ccccc1)C(=O)O)OCc1ccccc1. The molecule has 2 amide bonds. The molecule has 3 aromatic carbocycles. The highest BCUT2D eigenvalue weighted by atomic mass is 16.6. The van der Waals surface area contributed by atoms with E-state index in [1.807, 2.05) is 12.1 Å². The average molecular weight is 591 g/mol. The molecule has 0 fully saturated rings. The Balaban J connectivity index is 1.51. The van der Waals surface area contributed by atoms with Gasteiger partial charge in [-0.15, -0.1) is 0 Å². The number of aliphatic carboxylic acids is 1. The summed E-state index contributed by atoms with van der Waals surface area (Å²) in [6, 6.07) is 23.8. The van der Waals surface area contributed by atoms with Crippen molar-refractivity contribution < 1.29 is 43.3 Å². The maximum atomic E-state index is 12.8. The number of rotatable bonds is 16. The van der Waals surface area contributed by atoms with E-state index in [0.29, 0.717) is 5.56 Å². The van der Waals surface area contributed by atoms with E-state index in [1.165, 1.54) is 0 Å². The molecule has 11 heteroatoms. The third-order valence-corrected chi connectivity index (χ3v) is 6.27. The lowest BCUT2D eigenvalue weighted by atomic mass is 10.0. The summed E-state index contributed by atoms with van der Waals surface area (Å²) in [6.45, 7) is -0.551. The second kappa shape index (κ2) is 17.6. The van der Waals surface area contributed by atoms with Gasteiger partial charge in [0.2, 0.25) is 0 Å². The summed E-state index contributed by atoms with van der Waals surface area (Å²) in [6.07, 6.45) is -1.04. The van der Waals surface area contributed by atoms with Gasteiger partial charge in [-0.2, -0.15) is 0 Å². The summed E-state index contributed by atoms with van der Waals surface area (Å²) in [4.78, 5) is 61.5. The molecule has 11 nitrogen and oxygen atoms in total. The Labute approximate surface area is 249 Å². The first kappa shape index (κ1) is 32.3. The first-order valence-electron chi connectivity index (χ1n) is 13.7. The topological polar surface area (TPSA) is 157 Å². The predicted molar refractivity (Wildman–Crippen MR) is 155 cm³/mol. The fourth-order valence-electron chi connectivity index (χ4n) is 3.96. The standard InChI is InChI=1S/C32H34N2O9/c35-28(25-16-8-3-9-17-25)22-41-30(38)27(34-32(40)43-21-24-14-6-2-7-15-24)19-11-10-18-26(29(36)37)33-31(39)42-20-23-12-4-1-5-13-23/h1-9,12-17,26-27H,10-11,18-22H2,(H,33,39)(H,34,40)(H,36,37)/t26-,27-/m0/s1. The van der Waals surface area contributed by atoms with Gasteiger partial charge in [0, 0.05) is 5.56 Å². The van der Waals surface area contributed by atoms with Crippen molar-refractivity contribution in [1.82, 2.24) is 10.6 Å². The van der Waals surface area contributed by atoms with Crippen LogP contribution in [0.15, 0.2) is 91.0 Å². The highest BCUT2D eigenvalue weighted by molar-refractivity contribution is 5.98. The number of ether oxygens (including phenoxy) is 3. The number of ketones is 1. The average Bonchev–Trinajstić information content (AvgIpc) is 3.03. The van der Waals surface area contributed by atoms with E-state index < -0.39 is 48.6 Å². The zero-order valence-corrected chi connectivity index (χ0v) is 23.5. The second-order valence-electron chi connectivity index (χ2n) is 9.54. The number of carbonyl (C=O) groups is 5. The van der Waals surface area contributed by atoms with Crippen molar-refractivity contribution in [2.24, 2.45) is 0 Å². The van der Waals surface area contributed by atoms with E-state index in [2.05, 4.69) is 10.6 Å². The molecule has 0 bridgehead atoms. The van der Waals surface area contributed by atoms with Gasteiger partial charge in [0.25, 0.3) is 0 Å². The molecule has 0 aromatic heterocycles. The lowest BCUT2D eigenvalue weighted by Gasteiger charge is -2.18. The van der Waals surface area contributed by atoms with E-state index in [1.54, 1.807) is 78.9 Å². The van der Waals surface area contributed by atoms with Gasteiger partial charge in [-0.1, -0.05) is 104 Å². The first-order chi connectivity index (χ1) is 20.8. The molecular weight excluding hydrogens is 556 g/mol. The summed E-state index contributed by atoms with van der Waals surface area (Å²) in [5, 5.41) is 14.3. The molecule has 0 saturated carbocycles. The molecular formula is C32H34N2O9. The largest absolute Gasteiger partial charge is 0.480 e. The van der Waals surface area contributed by atoms with E-state index in [0.717, 1.165) is 11.1 Å².